The van der Waals surface area contributed by atoms with Gasteiger partial charge in [-0.2, -0.15) is 0 Å². The first-order valence-corrected chi connectivity index (χ1v) is 8.59. The van der Waals surface area contributed by atoms with Crippen molar-refractivity contribution in [1.29, 1.82) is 0 Å². The van der Waals surface area contributed by atoms with E-state index < -0.39 is 0 Å². The van der Waals surface area contributed by atoms with Gasteiger partial charge in [0.25, 0.3) is 0 Å². The van der Waals surface area contributed by atoms with E-state index in [0.717, 1.165) is 29.7 Å². The first kappa shape index (κ1) is 15.3. The van der Waals surface area contributed by atoms with E-state index in [2.05, 4.69) is 48.0 Å². The Morgan fingerprint density at radius 1 is 1.23 bits per heavy atom. The summed E-state index contributed by atoms with van der Waals surface area (Å²) in [6.07, 6.45) is 3.91. The molecule has 0 amide bonds. The first-order valence-electron chi connectivity index (χ1n) is 7.61. The van der Waals surface area contributed by atoms with Gasteiger partial charge in [-0.05, 0) is 19.4 Å². The van der Waals surface area contributed by atoms with E-state index in [1.165, 1.54) is 5.56 Å². The maximum Gasteiger partial charge on any atom is 0.148 e. The minimum absolute atomic E-state index is 0.219. The van der Waals surface area contributed by atoms with Gasteiger partial charge in [-0.15, -0.1) is 11.8 Å². The second-order valence-corrected chi connectivity index (χ2v) is 6.50. The minimum atomic E-state index is 0.219. The van der Waals surface area contributed by atoms with Crippen molar-refractivity contribution in [2.45, 2.75) is 36.8 Å². The lowest BCUT2D eigenvalue weighted by Gasteiger charge is -2.38. The van der Waals surface area contributed by atoms with E-state index in [1.54, 1.807) is 11.8 Å². The van der Waals surface area contributed by atoms with Gasteiger partial charge < -0.3 is 9.64 Å². The number of morpholine rings is 1. The molecule has 2 heterocycles. The van der Waals surface area contributed by atoms with Crippen molar-refractivity contribution in [2.75, 3.05) is 18.1 Å². The lowest BCUT2D eigenvalue weighted by atomic mass is 10.1. The summed E-state index contributed by atoms with van der Waals surface area (Å²) in [5, 5.41) is 0.965. The van der Waals surface area contributed by atoms with Crippen molar-refractivity contribution < 1.29 is 4.74 Å². The highest BCUT2D eigenvalue weighted by atomic mass is 32.2. The van der Waals surface area contributed by atoms with Gasteiger partial charge in [0.05, 0.1) is 31.1 Å². The Bertz CT molecular complexity index is 608. The van der Waals surface area contributed by atoms with Crippen molar-refractivity contribution in [3.63, 3.8) is 0 Å². The number of hydrogen-bond acceptors (Lipinski definition) is 5. The number of ether oxygens (including phenoxy) is 1. The van der Waals surface area contributed by atoms with Crippen molar-refractivity contribution >= 4 is 17.6 Å². The molecule has 2 atom stereocenters. The number of rotatable bonds is 4. The summed E-state index contributed by atoms with van der Waals surface area (Å²) < 4.78 is 5.68. The van der Waals surface area contributed by atoms with Crippen LogP contribution in [0.15, 0.2) is 47.8 Å². The molecule has 1 aromatic carbocycles. The van der Waals surface area contributed by atoms with Gasteiger partial charge in [0.2, 0.25) is 0 Å². The van der Waals surface area contributed by atoms with Gasteiger partial charge in [0.15, 0.2) is 0 Å². The lowest BCUT2D eigenvalue weighted by Crippen LogP contribution is -2.49. The largest absolute Gasteiger partial charge is 0.375 e. The van der Waals surface area contributed by atoms with Gasteiger partial charge in [0.1, 0.15) is 10.8 Å². The highest BCUT2D eigenvalue weighted by molar-refractivity contribution is 7.98. The number of benzene rings is 1. The quantitative estimate of drug-likeness (QED) is 0.809. The van der Waals surface area contributed by atoms with E-state index >= 15 is 0 Å². The molecule has 5 heteroatoms. The number of aromatic nitrogens is 2. The summed E-state index contributed by atoms with van der Waals surface area (Å²) in [7, 11) is 0. The third-order valence-corrected chi connectivity index (χ3v) is 4.98. The standard InChI is InChI=1S/C17H21N3OS/c1-13-14(2)21-9-8-20(13)16-10-18-11-17(19-16)22-12-15-6-4-3-5-7-15/h3-7,10-11,13-14H,8-9,12H2,1-2H3. The van der Waals surface area contributed by atoms with Crippen LogP contribution in [0.5, 0.6) is 0 Å². The normalized spacial score (nSPS) is 21.8. The van der Waals surface area contributed by atoms with Crippen LogP contribution >= 0.6 is 11.8 Å². The van der Waals surface area contributed by atoms with E-state index in [-0.39, 0.29) is 6.10 Å². The molecule has 2 unspecified atom stereocenters. The van der Waals surface area contributed by atoms with Crippen molar-refractivity contribution in [1.82, 2.24) is 9.97 Å². The SMILES string of the molecule is CC1OCCN(c2cncc(SCc3ccccc3)n2)C1C. The summed E-state index contributed by atoms with van der Waals surface area (Å²) in [4.78, 5) is 11.4. The fraction of sp³-hybridized carbons (Fsp3) is 0.412. The van der Waals surface area contributed by atoms with Crippen LogP contribution in [-0.2, 0) is 10.5 Å². The molecule has 1 aliphatic rings. The van der Waals surface area contributed by atoms with E-state index in [1.807, 2.05) is 18.5 Å². The summed E-state index contributed by atoms with van der Waals surface area (Å²) in [5.74, 6) is 1.86. The Morgan fingerprint density at radius 2 is 2.05 bits per heavy atom. The number of hydrogen-bond donors (Lipinski definition) is 0. The van der Waals surface area contributed by atoms with Gasteiger partial charge in [0, 0.05) is 12.3 Å². The lowest BCUT2D eigenvalue weighted by molar-refractivity contribution is 0.0280. The summed E-state index contributed by atoms with van der Waals surface area (Å²) in [5.41, 5.74) is 1.30. The molecule has 1 aromatic heterocycles. The fourth-order valence-electron chi connectivity index (χ4n) is 2.53. The Morgan fingerprint density at radius 3 is 2.86 bits per heavy atom. The van der Waals surface area contributed by atoms with Crippen molar-refractivity contribution in [2.24, 2.45) is 0 Å². The maximum atomic E-state index is 5.68. The molecule has 0 spiro atoms. The third kappa shape index (κ3) is 3.59. The van der Waals surface area contributed by atoms with E-state index in [0.29, 0.717) is 6.04 Å². The molecule has 0 bridgehead atoms. The van der Waals surface area contributed by atoms with Crippen LogP contribution in [0.3, 0.4) is 0 Å². The summed E-state index contributed by atoms with van der Waals surface area (Å²) >= 11 is 1.72. The number of nitrogens with zero attached hydrogens (tertiary/aromatic N) is 3. The molecule has 0 aliphatic carbocycles. The summed E-state index contributed by atoms with van der Waals surface area (Å²) in [6.45, 7) is 5.90. The van der Waals surface area contributed by atoms with Gasteiger partial charge in [-0.25, -0.2) is 4.98 Å². The average molecular weight is 315 g/mol. The van der Waals surface area contributed by atoms with E-state index in [4.69, 9.17) is 9.72 Å². The predicted molar refractivity (Wildman–Crippen MR) is 90.3 cm³/mol. The van der Waals surface area contributed by atoms with Crippen LogP contribution in [0, 0.1) is 0 Å². The monoisotopic (exact) mass is 315 g/mol. The second-order valence-electron chi connectivity index (χ2n) is 5.50. The molecule has 2 aromatic rings. The van der Waals surface area contributed by atoms with Crippen LogP contribution in [0.2, 0.25) is 0 Å². The number of anilines is 1. The predicted octanol–water partition coefficient (Wildman–Crippen LogP) is 3.38. The zero-order valence-electron chi connectivity index (χ0n) is 13.0. The molecule has 0 saturated carbocycles. The fourth-order valence-corrected chi connectivity index (χ4v) is 3.33. The van der Waals surface area contributed by atoms with Crippen LogP contribution in [0.25, 0.3) is 0 Å². The molecule has 0 radical (unpaired) electrons. The van der Waals surface area contributed by atoms with Crippen LogP contribution in [0.1, 0.15) is 19.4 Å². The molecular weight excluding hydrogens is 294 g/mol. The van der Waals surface area contributed by atoms with Crippen LogP contribution in [-0.4, -0.2) is 35.3 Å². The molecule has 22 heavy (non-hydrogen) atoms. The third-order valence-electron chi connectivity index (χ3n) is 4.01. The van der Waals surface area contributed by atoms with Crippen LogP contribution in [0.4, 0.5) is 5.82 Å². The highest BCUT2D eigenvalue weighted by Crippen LogP contribution is 2.25. The second kappa shape index (κ2) is 7.11. The molecule has 0 N–H and O–H groups in total. The maximum absolute atomic E-state index is 5.68. The zero-order valence-corrected chi connectivity index (χ0v) is 13.8. The van der Waals surface area contributed by atoms with Gasteiger partial charge in [-0.3, -0.25) is 4.98 Å². The van der Waals surface area contributed by atoms with Crippen molar-refractivity contribution in [3.8, 4) is 0 Å². The Balaban J connectivity index is 1.69. The first-order chi connectivity index (χ1) is 10.7. The van der Waals surface area contributed by atoms with Gasteiger partial charge >= 0.3 is 0 Å². The molecule has 1 fully saturated rings. The molecule has 3 rings (SSSR count). The summed E-state index contributed by atoms with van der Waals surface area (Å²) in [6, 6.07) is 10.8. The molecule has 1 aliphatic heterocycles. The zero-order chi connectivity index (χ0) is 15.4. The van der Waals surface area contributed by atoms with Crippen LogP contribution < -0.4 is 4.90 Å². The average Bonchev–Trinajstić information content (AvgIpc) is 2.57. The van der Waals surface area contributed by atoms with E-state index in [9.17, 15) is 0 Å². The minimum Gasteiger partial charge on any atom is -0.375 e. The number of thioether (sulfide) groups is 1. The smallest absolute Gasteiger partial charge is 0.148 e. The Kier molecular flexibility index (Phi) is 4.95. The molecule has 4 nitrogen and oxygen atoms in total. The molecular formula is C17H21N3OS. The Labute approximate surface area is 135 Å². The Hall–Kier alpha value is -1.59. The highest BCUT2D eigenvalue weighted by Gasteiger charge is 2.26. The topological polar surface area (TPSA) is 38.2 Å². The van der Waals surface area contributed by atoms with Crippen molar-refractivity contribution in [3.05, 3.63) is 48.3 Å². The molecule has 116 valence electrons. The molecule has 1 saturated heterocycles. The van der Waals surface area contributed by atoms with Gasteiger partial charge in [-0.1, -0.05) is 30.3 Å².